The number of ketones is 1. The third-order valence-electron chi connectivity index (χ3n) is 2.64. The first-order valence-electron chi connectivity index (χ1n) is 5.30. The second kappa shape index (κ2) is 4.35. The Balaban J connectivity index is 2.15. The van der Waals surface area contributed by atoms with Crippen molar-refractivity contribution in [1.29, 1.82) is 0 Å². The van der Waals surface area contributed by atoms with E-state index in [0.717, 1.165) is 23.3 Å². The molecule has 2 aromatic rings. The number of benzene rings is 1. The number of imidazole rings is 1. The van der Waals surface area contributed by atoms with Crippen molar-refractivity contribution in [3.63, 3.8) is 0 Å². The molecule has 0 bridgehead atoms. The maximum absolute atomic E-state index is 10.9. The molecular weight excluding hydrogens is 202 g/mol. The molecule has 2 rings (SSSR count). The first-order chi connectivity index (χ1) is 7.66. The van der Waals surface area contributed by atoms with E-state index in [0.29, 0.717) is 6.42 Å². The molecule has 0 saturated carbocycles. The third kappa shape index (κ3) is 2.21. The molecule has 0 saturated heterocycles. The summed E-state index contributed by atoms with van der Waals surface area (Å²) in [5.41, 5.74) is 3.08. The number of hydrogen-bond acceptors (Lipinski definition) is 3. The van der Waals surface area contributed by atoms with Crippen molar-refractivity contribution in [3.8, 4) is 0 Å². The molecule has 0 aliphatic heterocycles. The van der Waals surface area contributed by atoms with E-state index in [4.69, 9.17) is 0 Å². The van der Waals surface area contributed by atoms with Crippen molar-refractivity contribution < 1.29 is 4.79 Å². The van der Waals surface area contributed by atoms with Crippen molar-refractivity contribution in [2.24, 2.45) is 0 Å². The molecule has 0 aliphatic carbocycles. The van der Waals surface area contributed by atoms with Crippen LogP contribution >= 0.6 is 0 Å². The topological polar surface area (TPSA) is 49.0 Å². The molecule has 1 aromatic carbocycles. The van der Waals surface area contributed by atoms with Gasteiger partial charge >= 0.3 is 0 Å². The SMILES string of the molecule is CC(=O)CCN(C)c1ccc2nc[nH]c2c1. The first kappa shape index (κ1) is 10.7. The first-order valence-corrected chi connectivity index (χ1v) is 5.30. The minimum absolute atomic E-state index is 0.217. The molecule has 0 atom stereocenters. The molecule has 1 heterocycles. The van der Waals surface area contributed by atoms with Crippen LogP contribution in [0.5, 0.6) is 0 Å². The van der Waals surface area contributed by atoms with Crippen LogP contribution in [0.15, 0.2) is 24.5 Å². The predicted octanol–water partition coefficient (Wildman–Crippen LogP) is 1.98. The van der Waals surface area contributed by atoms with Gasteiger partial charge < -0.3 is 9.88 Å². The minimum atomic E-state index is 0.217. The Kier molecular flexibility index (Phi) is 2.90. The Labute approximate surface area is 94.3 Å². The molecule has 0 spiro atoms. The summed E-state index contributed by atoms with van der Waals surface area (Å²) < 4.78 is 0. The largest absolute Gasteiger partial charge is 0.374 e. The van der Waals surface area contributed by atoms with Gasteiger partial charge in [0.1, 0.15) is 5.78 Å². The van der Waals surface area contributed by atoms with Crippen molar-refractivity contribution >= 4 is 22.5 Å². The van der Waals surface area contributed by atoms with Crippen molar-refractivity contribution in [2.75, 3.05) is 18.5 Å². The van der Waals surface area contributed by atoms with Crippen LogP contribution in [0.25, 0.3) is 11.0 Å². The Morgan fingerprint density at radius 1 is 1.50 bits per heavy atom. The molecule has 1 aromatic heterocycles. The number of carbonyl (C=O) groups excluding carboxylic acids is 1. The fourth-order valence-electron chi connectivity index (χ4n) is 1.62. The number of nitrogens with zero attached hydrogens (tertiary/aromatic N) is 2. The van der Waals surface area contributed by atoms with Gasteiger partial charge in [0.15, 0.2) is 0 Å². The molecule has 16 heavy (non-hydrogen) atoms. The highest BCUT2D eigenvalue weighted by Crippen LogP contribution is 2.18. The molecule has 84 valence electrons. The molecular formula is C12H15N3O. The number of aromatic nitrogens is 2. The Bertz CT molecular complexity index is 504. The molecule has 0 amide bonds. The highest BCUT2D eigenvalue weighted by atomic mass is 16.1. The summed E-state index contributed by atoms with van der Waals surface area (Å²) in [7, 11) is 1.99. The van der Waals surface area contributed by atoms with Gasteiger partial charge in [0, 0.05) is 25.7 Å². The van der Waals surface area contributed by atoms with Crippen molar-refractivity contribution in [1.82, 2.24) is 9.97 Å². The van der Waals surface area contributed by atoms with Crippen LogP contribution in [0, 0.1) is 0 Å². The summed E-state index contributed by atoms with van der Waals surface area (Å²) in [4.78, 5) is 20.2. The number of hydrogen-bond donors (Lipinski definition) is 1. The standard InChI is InChI=1S/C12H15N3O/c1-9(16)5-6-15(2)10-3-4-11-12(7-10)14-8-13-11/h3-4,7-8H,5-6H2,1-2H3,(H,13,14). The third-order valence-corrected chi connectivity index (χ3v) is 2.64. The zero-order chi connectivity index (χ0) is 11.5. The molecule has 0 fully saturated rings. The lowest BCUT2D eigenvalue weighted by Gasteiger charge is -2.18. The quantitative estimate of drug-likeness (QED) is 0.851. The van der Waals surface area contributed by atoms with Gasteiger partial charge in [0.2, 0.25) is 0 Å². The van der Waals surface area contributed by atoms with E-state index in [9.17, 15) is 4.79 Å². The predicted molar refractivity (Wildman–Crippen MR) is 64.7 cm³/mol. The summed E-state index contributed by atoms with van der Waals surface area (Å²) in [6.07, 6.45) is 2.27. The number of fused-ring (bicyclic) bond motifs is 1. The summed E-state index contributed by atoms with van der Waals surface area (Å²) in [5, 5.41) is 0. The normalized spacial score (nSPS) is 10.6. The van der Waals surface area contributed by atoms with Crippen LogP contribution < -0.4 is 4.90 Å². The van der Waals surface area contributed by atoms with Gasteiger partial charge in [-0.3, -0.25) is 4.79 Å². The van der Waals surface area contributed by atoms with Crippen LogP contribution in [-0.4, -0.2) is 29.3 Å². The van der Waals surface area contributed by atoms with Crippen molar-refractivity contribution in [3.05, 3.63) is 24.5 Å². The van der Waals surface area contributed by atoms with Crippen LogP contribution in [0.4, 0.5) is 5.69 Å². The zero-order valence-electron chi connectivity index (χ0n) is 9.53. The van der Waals surface area contributed by atoms with E-state index in [1.807, 2.05) is 25.2 Å². The highest BCUT2D eigenvalue weighted by Gasteiger charge is 2.04. The number of H-pyrrole nitrogens is 1. The number of nitrogens with one attached hydrogen (secondary N) is 1. The number of anilines is 1. The second-order valence-corrected chi connectivity index (χ2v) is 3.98. The molecule has 4 nitrogen and oxygen atoms in total. The van der Waals surface area contributed by atoms with E-state index in [2.05, 4.69) is 14.9 Å². The Hall–Kier alpha value is -1.84. The van der Waals surface area contributed by atoms with Gasteiger partial charge in [0.25, 0.3) is 0 Å². The lowest BCUT2D eigenvalue weighted by Crippen LogP contribution is -2.20. The van der Waals surface area contributed by atoms with Crippen LogP contribution in [0.3, 0.4) is 0 Å². The van der Waals surface area contributed by atoms with Gasteiger partial charge in [-0.1, -0.05) is 0 Å². The van der Waals surface area contributed by atoms with Crippen LogP contribution in [0.2, 0.25) is 0 Å². The summed E-state index contributed by atoms with van der Waals surface area (Å²) >= 11 is 0. The van der Waals surface area contributed by atoms with Crippen LogP contribution in [-0.2, 0) is 4.79 Å². The summed E-state index contributed by atoms with van der Waals surface area (Å²) in [5.74, 6) is 0.217. The lowest BCUT2D eigenvalue weighted by molar-refractivity contribution is -0.116. The molecule has 0 unspecified atom stereocenters. The average Bonchev–Trinajstić information content (AvgIpc) is 2.72. The van der Waals surface area contributed by atoms with Gasteiger partial charge in [-0.25, -0.2) is 4.98 Å². The average molecular weight is 217 g/mol. The van der Waals surface area contributed by atoms with Crippen LogP contribution in [0.1, 0.15) is 13.3 Å². The molecule has 0 radical (unpaired) electrons. The van der Waals surface area contributed by atoms with Gasteiger partial charge in [-0.2, -0.15) is 0 Å². The van der Waals surface area contributed by atoms with E-state index in [-0.39, 0.29) is 5.78 Å². The van der Waals surface area contributed by atoms with E-state index < -0.39 is 0 Å². The number of rotatable bonds is 4. The smallest absolute Gasteiger partial charge is 0.131 e. The second-order valence-electron chi connectivity index (χ2n) is 3.98. The summed E-state index contributed by atoms with van der Waals surface area (Å²) in [6.45, 7) is 2.36. The van der Waals surface area contributed by atoms with Gasteiger partial charge in [-0.15, -0.1) is 0 Å². The number of Topliss-reactive ketones (excluding diaryl/α,β-unsaturated/α-hetero) is 1. The minimum Gasteiger partial charge on any atom is -0.374 e. The monoisotopic (exact) mass is 217 g/mol. The van der Waals surface area contributed by atoms with Gasteiger partial charge in [-0.05, 0) is 25.1 Å². The van der Waals surface area contributed by atoms with Crippen molar-refractivity contribution in [2.45, 2.75) is 13.3 Å². The molecule has 0 aliphatic rings. The molecule has 1 N–H and O–H groups in total. The zero-order valence-corrected chi connectivity index (χ0v) is 9.53. The highest BCUT2D eigenvalue weighted by molar-refractivity contribution is 5.79. The maximum Gasteiger partial charge on any atom is 0.131 e. The molecule has 4 heteroatoms. The summed E-state index contributed by atoms with van der Waals surface area (Å²) in [6, 6.07) is 6.04. The lowest BCUT2D eigenvalue weighted by atomic mass is 10.2. The maximum atomic E-state index is 10.9. The number of carbonyl (C=O) groups is 1. The Morgan fingerprint density at radius 2 is 2.31 bits per heavy atom. The van der Waals surface area contributed by atoms with E-state index in [1.165, 1.54) is 0 Å². The van der Waals surface area contributed by atoms with E-state index >= 15 is 0 Å². The Morgan fingerprint density at radius 3 is 3.06 bits per heavy atom. The fraction of sp³-hybridized carbons (Fsp3) is 0.333. The van der Waals surface area contributed by atoms with E-state index in [1.54, 1.807) is 13.3 Å². The van der Waals surface area contributed by atoms with Gasteiger partial charge in [0.05, 0.1) is 17.4 Å². The number of aromatic amines is 1. The fourth-order valence-corrected chi connectivity index (χ4v) is 1.62.